The lowest BCUT2D eigenvalue weighted by atomic mass is 10.2. The molecule has 0 radical (unpaired) electrons. The largest absolute Gasteiger partial charge is 0.383 e. The molecule has 1 rings (SSSR count). The predicted octanol–water partition coefficient (Wildman–Crippen LogP) is 2.39. The molecule has 0 aliphatic carbocycles. The van der Waals surface area contributed by atoms with E-state index in [0.717, 1.165) is 18.2 Å². The predicted molar refractivity (Wildman–Crippen MR) is 64.4 cm³/mol. The molecule has 0 saturated carbocycles. The van der Waals surface area contributed by atoms with E-state index < -0.39 is 0 Å². The van der Waals surface area contributed by atoms with Crippen molar-refractivity contribution in [2.24, 2.45) is 0 Å². The third kappa shape index (κ3) is 4.28. The molecular formula is C11H20N2OS. The molecule has 1 aromatic heterocycles. The van der Waals surface area contributed by atoms with Gasteiger partial charge in [-0.05, 0) is 12.8 Å². The molecule has 0 amide bonds. The number of thiazole rings is 1. The van der Waals surface area contributed by atoms with Gasteiger partial charge in [0, 0.05) is 25.1 Å². The molecule has 4 heteroatoms. The molecule has 1 heterocycles. The second-order valence-electron chi connectivity index (χ2n) is 4.06. The minimum atomic E-state index is 0.376. The topological polar surface area (TPSA) is 34.1 Å². The van der Waals surface area contributed by atoms with E-state index in [9.17, 15) is 0 Å². The van der Waals surface area contributed by atoms with E-state index in [4.69, 9.17) is 4.74 Å². The highest BCUT2D eigenvalue weighted by Gasteiger charge is 2.06. The van der Waals surface area contributed by atoms with Crippen LogP contribution in [-0.4, -0.2) is 24.7 Å². The number of methoxy groups -OCH3 is 1. The standard InChI is InChI=1S/C11H20N2OS/c1-8(2)10-7-15-11(13-10)5-12-9(3)6-14-4/h7-9,12H,5-6H2,1-4H3. The molecule has 0 bridgehead atoms. The average Bonchev–Trinajstić information content (AvgIpc) is 2.63. The van der Waals surface area contributed by atoms with Crippen molar-refractivity contribution < 1.29 is 4.74 Å². The van der Waals surface area contributed by atoms with E-state index in [1.807, 2.05) is 0 Å². The Morgan fingerprint density at radius 3 is 2.73 bits per heavy atom. The summed E-state index contributed by atoms with van der Waals surface area (Å²) in [5.41, 5.74) is 1.19. The van der Waals surface area contributed by atoms with Gasteiger partial charge in [0.1, 0.15) is 5.01 Å². The molecule has 1 atom stereocenters. The SMILES string of the molecule is COCC(C)NCc1nc(C(C)C)cs1. The Balaban J connectivity index is 2.37. The molecule has 1 unspecified atom stereocenters. The summed E-state index contributed by atoms with van der Waals surface area (Å²) in [5.74, 6) is 0.520. The van der Waals surface area contributed by atoms with Gasteiger partial charge in [-0.15, -0.1) is 11.3 Å². The Morgan fingerprint density at radius 1 is 1.47 bits per heavy atom. The number of rotatable bonds is 6. The van der Waals surface area contributed by atoms with E-state index in [0.29, 0.717) is 12.0 Å². The summed E-state index contributed by atoms with van der Waals surface area (Å²) in [6.45, 7) is 8.02. The highest BCUT2D eigenvalue weighted by molar-refractivity contribution is 7.09. The second kappa shape index (κ2) is 6.20. The highest BCUT2D eigenvalue weighted by Crippen LogP contribution is 2.17. The minimum absolute atomic E-state index is 0.376. The van der Waals surface area contributed by atoms with Crippen molar-refractivity contribution in [2.45, 2.75) is 39.3 Å². The third-order valence-corrected chi connectivity index (χ3v) is 3.05. The van der Waals surface area contributed by atoms with Crippen LogP contribution in [0.25, 0.3) is 0 Å². The summed E-state index contributed by atoms with van der Waals surface area (Å²) < 4.78 is 5.06. The molecule has 1 aromatic rings. The Morgan fingerprint density at radius 2 is 2.20 bits per heavy atom. The van der Waals surface area contributed by atoms with Gasteiger partial charge in [-0.25, -0.2) is 4.98 Å². The maximum atomic E-state index is 5.06. The fraction of sp³-hybridized carbons (Fsp3) is 0.727. The van der Waals surface area contributed by atoms with E-state index in [-0.39, 0.29) is 0 Å². The molecular weight excluding hydrogens is 208 g/mol. The van der Waals surface area contributed by atoms with E-state index >= 15 is 0 Å². The van der Waals surface area contributed by atoms with Crippen LogP contribution in [-0.2, 0) is 11.3 Å². The maximum absolute atomic E-state index is 5.06. The van der Waals surface area contributed by atoms with Gasteiger partial charge in [-0.3, -0.25) is 0 Å². The number of nitrogens with one attached hydrogen (secondary N) is 1. The summed E-state index contributed by atoms with van der Waals surface area (Å²) in [6, 6.07) is 0.376. The zero-order valence-electron chi connectivity index (χ0n) is 9.91. The van der Waals surface area contributed by atoms with Crippen LogP contribution in [0.5, 0.6) is 0 Å². The van der Waals surface area contributed by atoms with Crippen LogP contribution in [0, 0.1) is 0 Å². The lowest BCUT2D eigenvalue weighted by molar-refractivity contribution is 0.171. The molecule has 3 nitrogen and oxygen atoms in total. The minimum Gasteiger partial charge on any atom is -0.383 e. The molecule has 0 saturated heterocycles. The first-order valence-corrected chi connectivity index (χ1v) is 6.18. The lowest BCUT2D eigenvalue weighted by Crippen LogP contribution is -2.29. The van der Waals surface area contributed by atoms with Crippen molar-refractivity contribution in [3.8, 4) is 0 Å². The van der Waals surface area contributed by atoms with Gasteiger partial charge >= 0.3 is 0 Å². The second-order valence-corrected chi connectivity index (χ2v) is 5.00. The van der Waals surface area contributed by atoms with Gasteiger partial charge < -0.3 is 10.1 Å². The van der Waals surface area contributed by atoms with Crippen molar-refractivity contribution in [3.63, 3.8) is 0 Å². The van der Waals surface area contributed by atoms with Gasteiger partial charge in [-0.1, -0.05) is 13.8 Å². The van der Waals surface area contributed by atoms with Crippen molar-refractivity contribution in [2.75, 3.05) is 13.7 Å². The molecule has 0 aromatic carbocycles. The van der Waals surface area contributed by atoms with Crippen LogP contribution in [0.15, 0.2) is 5.38 Å². The lowest BCUT2D eigenvalue weighted by Gasteiger charge is -2.10. The van der Waals surface area contributed by atoms with Crippen molar-refractivity contribution in [1.82, 2.24) is 10.3 Å². The highest BCUT2D eigenvalue weighted by atomic mass is 32.1. The molecule has 1 N–H and O–H groups in total. The molecule has 0 spiro atoms. The fourth-order valence-electron chi connectivity index (χ4n) is 1.24. The summed E-state index contributed by atoms with van der Waals surface area (Å²) >= 11 is 1.72. The number of nitrogens with zero attached hydrogens (tertiary/aromatic N) is 1. The first-order valence-electron chi connectivity index (χ1n) is 5.30. The van der Waals surface area contributed by atoms with Crippen molar-refractivity contribution >= 4 is 11.3 Å². The third-order valence-electron chi connectivity index (χ3n) is 2.18. The molecule has 86 valence electrons. The Kier molecular flexibility index (Phi) is 5.22. The molecule has 0 aliphatic rings. The van der Waals surface area contributed by atoms with Crippen LogP contribution in [0.3, 0.4) is 0 Å². The van der Waals surface area contributed by atoms with Gasteiger partial charge in [0.15, 0.2) is 0 Å². The molecule has 0 aliphatic heterocycles. The van der Waals surface area contributed by atoms with Crippen molar-refractivity contribution in [1.29, 1.82) is 0 Å². The zero-order valence-corrected chi connectivity index (χ0v) is 10.7. The fourth-order valence-corrected chi connectivity index (χ4v) is 2.15. The van der Waals surface area contributed by atoms with E-state index in [2.05, 4.69) is 36.5 Å². The Bertz CT molecular complexity index is 286. The van der Waals surface area contributed by atoms with E-state index in [1.165, 1.54) is 5.69 Å². The van der Waals surface area contributed by atoms with E-state index in [1.54, 1.807) is 18.4 Å². The monoisotopic (exact) mass is 228 g/mol. The summed E-state index contributed by atoms with van der Waals surface area (Å²) in [6.07, 6.45) is 0. The Hall–Kier alpha value is -0.450. The van der Waals surface area contributed by atoms with Crippen LogP contribution >= 0.6 is 11.3 Å². The smallest absolute Gasteiger partial charge is 0.107 e. The number of ether oxygens (including phenoxy) is 1. The molecule has 0 fully saturated rings. The average molecular weight is 228 g/mol. The summed E-state index contributed by atoms with van der Waals surface area (Å²) in [7, 11) is 1.72. The normalized spacial score (nSPS) is 13.4. The molecule has 15 heavy (non-hydrogen) atoms. The number of aromatic nitrogens is 1. The van der Waals surface area contributed by atoms with Gasteiger partial charge in [0.2, 0.25) is 0 Å². The first-order chi connectivity index (χ1) is 7.13. The summed E-state index contributed by atoms with van der Waals surface area (Å²) in [5, 5.41) is 6.67. The van der Waals surface area contributed by atoms with Gasteiger partial charge in [0.05, 0.1) is 12.3 Å². The maximum Gasteiger partial charge on any atom is 0.107 e. The van der Waals surface area contributed by atoms with Crippen LogP contribution < -0.4 is 5.32 Å². The van der Waals surface area contributed by atoms with Gasteiger partial charge in [-0.2, -0.15) is 0 Å². The number of hydrogen-bond donors (Lipinski definition) is 1. The van der Waals surface area contributed by atoms with Crippen LogP contribution in [0.2, 0.25) is 0 Å². The quantitative estimate of drug-likeness (QED) is 0.812. The van der Waals surface area contributed by atoms with Crippen molar-refractivity contribution in [3.05, 3.63) is 16.1 Å². The summed E-state index contributed by atoms with van der Waals surface area (Å²) in [4.78, 5) is 4.56. The first kappa shape index (κ1) is 12.6. The van der Waals surface area contributed by atoms with Crippen LogP contribution in [0.4, 0.5) is 0 Å². The zero-order chi connectivity index (χ0) is 11.3. The van der Waals surface area contributed by atoms with Gasteiger partial charge in [0.25, 0.3) is 0 Å². The Labute approximate surface area is 95.9 Å². The number of hydrogen-bond acceptors (Lipinski definition) is 4. The van der Waals surface area contributed by atoms with Crippen LogP contribution in [0.1, 0.15) is 37.4 Å².